The molecule has 1 aromatic rings. The summed E-state index contributed by atoms with van der Waals surface area (Å²) in [5.74, 6) is 0. The molecule has 0 radical (unpaired) electrons. The number of rotatable bonds is 1. The monoisotopic (exact) mass is 265 g/mol. The highest BCUT2D eigenvalue weighted by Crippen LogP contribution is 2.38. The van der Waals surface area contributed by atoms with E-state index >= 15 is 0 Å². The van der Waals surface area contributed by atoms with Gasteiger partial charge in [0.05, 0.1) is 10.7 Å². The van der Waals surface area contributed by atoms with Gasteiger partial charge < -0.3 is 0 Å². The van der Waals surface area contributed by atoms with Gasteiger partial charge in [-0.3, -0.25) is 0 Å². The van der Waals surface area contributed by atoms with Crippen molar-refractivity contribution >= 4 is 10.0 Å². The van der Waals surface area contributed by atoms with Gasteiger partial charge in [0, 0.05) is 0 Å². The van der Waals surface area contributed by atoms with Gasteiger partial charge in [-0.15, -0.1) is 0 Å². The number of nitrogens with two attached hydrogens (primary N) is 1. The van der Waals surface area contributed by atoms with Crippen LogP contribution in [-0.2, 0) is 10.0 Å². The van der Waals surface area contributed by atoms with E-state index in [2.05, 4.69) is 15.1 Å². The van der Waals surface area contributed by atoms with E-state index in [0.29, 0.717) is 0 Å². The number of halogens is 3. The van der Waals surface area contributed by atoms with E-state index in [0.717, 1.165) is 0 Å². The Morgan fingerprint density at radius 1 is 1.12 bits per heavy atom. The lowest BCUT2D eigenvalue weighted by atomic mass is 10.3. The van der Waals surface area contributed by atoms with Crippen molar-refractivity contribution in [3.05, 3.63) is 35.0 Å². The Labute approximate surface area is 93.5 Å². The average Bonchev–Trinajstić information content (AvgIpc) is 2.55. The van der Waals surface area contributed by atoms with E-state index < -0.39 is 21.2 Å². The molecule has 0 saturated carbocycles. The minimum Gasteiger partial charge on any atom is -0.229 e. The van der Waals surface area contributed by atoms with Crippen LogP contribution >= 0.6 is 0 Å². The SMILES string of the molecule is NS(=O)(=O)C1(C(F)(F)F)N=c2ccccc2=N1. The summed E-state index contributed by atoms with van der Waals surface area (Å²) in [6.07, 6.45) is -5.21. The predicted octanol–water partition coefficient (Wildman–Crippen LogP) is -0.556. The Morgan fingerprint density at radius 2 is 1.53 bits per heavy atom. The molecule has 1 heterocycles. The third-order valence-corrected chi connectivity index (χ3v) is 3.40. The van der Waals surface area contributed by atoms with Crippen LogP contribution in [0.2, 0.25) is 0 Å². The van der Waals surface area contributed by atoms with E-state index in [1.807, 2.05) is 0 Å². The van der Waals surface area contributed by atoms with Crippen LogP contribution in [0.25, 0.3) is 0 Å². The van der Waals surface area contributed by atoms with Crippen LogP contribution in [-0.4, -0.2) is 19.6 Å². The van der Waals surface area contributed by atoms with Crippen LogP contribution in [0.5, 0.6) is 0 Å². The normalized spacial score (nSPS) is 18.1. The smallest absolute Gasteiger partial charge is 0.229 e. The molecule has 0 unspecified atom stereocenters. The van der Waals surface area contributed by atoms with Crippen molar-refractivity contribution in [2.75, 3.05) is 0 Å². The Balaban J connectivity index is 2.86. The number of para-hydroxylation sites is 2. The maximum atomic E-state index is 12.8. The molecule has 1 aliphatic heterocycles. The molecule has 0 aromatic heterocycles. The summed E-state index contributed by atoms with van der Waals surface area (Å²) in [6.45, 7) is 0. The van der Waals surface area contributed by atoms with Crippen molar-refractivity contribution in [2.24, 2.45) is 15.1 Å². The molecule has 1 aliphatic rings. The van der Waals surface area contributed by atoms with Gasteiger partial charge in [0.2, 0.25) is 0 Å². The second-order valence-corrected chi connectivity index (χ2v) is 5.02. The minimum atomic E-state index is -5.21. The van der Waals surface area contributed by atoms with E-state index in [1.165, 1.54) is 24.3 Å². The maximum Gasteiger partial charge on any atom is 0.451 e. The standard InChI is InChI=1S/C8H6F3N3O2S/c9-7(10,11)8(17(12,15)16)13-5-3-1-2-4-6(5)14-8/h1-4H,(H2,12,15,16). The van der Waals surface area contributed by atoms with Gasteiger partial charge in [-0.2, -0.15) is 13.2 Å². The average molecular weight is 265 g/mol. The lowest BCUT2D eigenvalue weighted by Crippen LogP contribution is -2.51. The number of nitrogens with zero attached hydrogens (tertiary/aromatic N) is 2. The molecule has 9 heteroatoms. The summed E-state index contributed by atoms with van der Waals surface area (Å²) in [5, 5.41) is 4.30. The first-order valence-electron chi connectivity index (χ1n) is 4.31. The van der Waals surface area contributed by atoms with Crippen molar-refractivity contribution < 1.29 is 21.6 Å². The summed E-state index contributed by atoms with van der Waals surface area (Å²) < 4.78 is 60.8. The van der Waals surface area contributed by atoms with E-state index in [-0.39, 0.29) is 10.7 Å². The van der Waals surface area contributed by atoms with Crippen molar-refractivity contribution in [2.45, 2.75) is 11.2 Å². The van der Waals surface area contributed by atoms with Crippen molar-refractivity contribution in [1.82, 2.24) is 0 Å². The molecule has 2 rings (SSSR count). The van der Waals surface area contributed by atoms with E-state index in [9.17, 15) is 21.6 Å². The van der Waals surface area contributed by atoms with Gasteiger partial charge in [0.15, 0.2) is 0 Å². The third-order valence-electron chi connectivity index (χ3n) is 2.19. The van der Waals surface area contributed by atoms with Gasteiger partial charge in [-0.1, -0.05) is 12.1 Å². The second kappa shape index (κ2) is 3.26. The van der Waals surface area contributed by atoms with Crippen molar-refractivity contribution in [3.8, 4) is 0 Å². The quantitative estimate of drug-likeness (QED) is 0.738. The fraction of sp³-hybridized carbons (Fsp3) is 0.250. The van der Waals surface area contributed by atoms with Gasteiger partial charge >= 0.3 is 11.2 Å². The summed E-state index contributed by atoms with van der Waals surface area (Å²) in [7, 11) is -5.05. The molecule has 0 atom stereocenters. The number of hydrogen-bond donors (Lipinski definition) is 1. The fourth-order valence-electron chi connectivity index (χ4n) is 1.42. The van der Waals surface area contributed by atoms with Crippen LogP contribution < -0.4 is 15.9 Å². The molecule has 17 heavy (non-hydrogen) atoms. The van der Waals surface area contributed by atoms with Gasteiger partial charge in [0.1, 0.15) is 0 Å². The van der Waals surface area contributed by atoms with E-state index in [1.54, 1.807) is 0 Å². The van der Waals surface area contributed by atoms with Crippen LogP contribution in [0.4, 0.5) is 13.2 Å². The Bertz CT molecular complexity index is 646. The molecular formula is C8H6F3N3O2S. The molecule has 0 saturated heterocycles. The fourth-order valence-corrected chi connectivity index (χ4v) is 2.19. The first kappa shape index (κ1) is 12.0. The zero-order valence-electron chi connectivity index (χ0n) is 8.14. The molecular weight excluding hydrogens is 259 g/mol. The Hall–Kier alpha value is -1.48. The highest BCUT2D eigenvalue weighted by atomic mass is 32.2. The number of fused-ring (bicyclic) bond motifs is 1. The molecule has 0 aliphatic carbocycles. The lowest BCUT2D eigenvalue weighted by Gasteiger charge is -2.22. The van der Waals surface area contributed by atoms with Gasteiger partial charge in [0.25, 0.3) is 10.0 Å². The summed E-state index contributed by atoms with van der Waals surface area (Å²) in [4.78, 5) is 2.62. The van der Waals surface area contributed by atoms with Crippen molar-refractivity contribution in [3.63, 3.8) is 0 Å². The van der Waals surface area contributed by atoms with E-state index in [4.69, 9.17) is 0 Å². The molecule has 5 nitrogen and oxygen atoms in total. The second-order valence-electron chi connectivity index (χ2n) is 3.36. The first-order valence-corrected chi connectivity index (χ1v) is 5.86. The summed E-state index contributed by atoms with van der Waals surface area (Å²) in [6, 6.07) is 5.32. The highest BCUT2D eigenvalue weighted by molar-refractivity contribution is 7.90. The number of benzene rings is 1. The zero-order valence-corrected chi connectivity index (χ0v) is 8.96. The van der Waals surface area contributed by atoms with Crippen LogP contribution in [0.3, 0.4) is 0 Å². The number of alkyl halides is 3. The number of primary sulfonamides is 1. The molecule has 0 fully saturated rings. The van der Waals surface area contributed by atoms with Crippen LogP contribution in [0.15, 0.2) is 34.3 Å². The lowest BCUT2D eigenvalue weighted by molar-refractivity contribution is -0.158. The first-order chi connectivity index (χ1) is 7.67. The minimum absolute atomic E-state index is 0.154. The zero-order chi connectivity index (χ0) is 12.9. The molecule has 92 valence electrons. The topological polar surface area (TPSA) is 84.9 Å². The number of sulfonamides is 1. The highest BCUT2D eigenvalue weighted by Gasteiger charge is 2.65. The van der Waals surface area contributed by atoms with Crippen LogP contribution in [0.1, 0.15) is 0 Å². The summed E-state index contributed by atoms with van der Waals surface area (Å²) >= 11 is 0. The Morgan fingerprint density at radius 3 is 1.82 bits per heavy atom. The Kier molecular flexibility index (Phi) is 2.30. The molecule has 0 bridgehead atoms. The predicted molar refractivity (Wildman–Crippen MR) is 50.6 cm³/mol. The largest absolute Gasteiger partial charge is 0.451 e. The number of hydrogen-bond acceptors (Lipinski definition) is 4. The van der Waals surface area contributed by atoms with Gasteiger partial charge in [-0.05, 0) is 12.1 Å². The van der Waals surface area contributed by atoms with Gasteiger partial charge in [-0.25, -0.2) is 23.5 Å². The maximum absolute atomic E-state index is 12.8. The molecule has 0 spiro atoms. The third kappa shape index (κ3) is 1.62. The van der Waals surface area contributed by atoms with Crippen LogP contribution in [0, 0.1) is 0 Å². The summed E-state index contributed by atoms with van der Waals surface area (Å²) in [5.41, 5.74) is 0. The molecule has 1 aromatic carbocycles. The van der Waals surface area contributed by atoms with Crippen molar-refractivity contribution in [1.29, 1.82) is 0 Å². The molecule has 0 amide bonds. The molecule has 2 N–H and O–H groups in total.